The molecule has 0 saturated carbocycles. The Morgan fingerprint density at radius 3 is 1.42 bits per heavy atom. The van der Waals surface area contributed by atoms with Gasteiger partial charge in [0.15, 0.2) is 0 Å². The molecule has 0 N–H and O–H groups in total. The molecule has 0 unspecified atom stereocenters. The Morgan fingerprint density at radius 2 is 1.04 bits per heavy atom. The SMILES string of the molecule is O=C(OCCSSSSCCOC(=O)c1ccccc1)c1ccccc1. The van der Waals surface area contributed by atoms with Crippen molar-refractivity contribution in [1.82, 2.24) is 0 Å². The van der Waals surface area contributed by atoms with E-state index in [9.17, 15) is 9.59 Å². The standard InChI is InChI=1S/C18H18O4S4/c19-17(15-7-3-1-4-8-15)21-11-13-23-25-26-24-14-12-22-18(20)16-9-5-2-6-10-16/h1-10H,11-14H2. The molecule has 0 spiro atoms. The summed E-state index contributed by atoms with van der Waals surface area (Å²) in [6, 6.07) is 17.9. The van der Waals surface area contributed by atoms with E-state index in [1.807, 2.05) is 36.4 Å². The quantitative estimate of drug-likeness (QED) is 0.270. The van der Waals surface area contributed by atoms with Crippen molar-refractivity contribution in [2.24, 2.45) is 0 Å². The van der Waals surface area contributed by atoms with Crippen LogP contribution in [-0.2, 0) is 9.47 Å². The summed E-state index contributed by atoms with van der Waals surface area (Å²) in [5.74, 6) is 0.858. The van der Waals surface area contributed by atoms with Crippen LogP contribution in [0.15, 0.2) is 60.7 Å². The molecular weight excluding hydrogens is 408 g/mol. The Kier molecular flexibility index (Phi) is 10.6. The second kappa shape index (κ2) is 13.0. The number of hydrogen-bond donors (Lipinski definition) is 0. The van der Waals surface area contributed by atoms with Gasteiger partial charge in [-0.1, -0.05) is 58.0 Å². The highest BCUT2D eigenvalue weighted by atomic mass is 33.7. The summed E-state index contributed by atoms with van der Waals surface area (Å²) in [6.45, 7) is 0.761. The fraction of sp³-hybridized carbons (Fsp3) is 0.222. The lowest BCUT2D eigenvalue weighted by Crippen LogP contribution is -2.07. The first kappa shape index (κ1) is 21.1. The summed E-state index contributed by atoms with van der Waals surface area (Å²) < 4.78 is 10.4. The Labute approximate surface area is 168 Å². The summed E-state index contributed by atoms with van der Waals surface area (Å²) in [5, 5.41) is 0. The minimum Gasteiger partial charge on any atom is -0.461 e. The molecule has 0 saturated heterocycles. The maximum absolute atomic E-state index is 11.7. The zero-order valence-electron chi connectivity index (χ0n) is 13.9. The number of hydrogen-bond acceptors (Lipinski definition) is 8. The van der Waals surface area contributed by atoms with E-state index < -0.39 is 0 Å². The molecule has 26 heavy (non-hydrogen) atoms. The first-order valence-corrected chi connectivity index (χ1v) is 12.9. The van der Waals surface area contributed by atoms with Crippen molar-refractivity contribution in [3.05, 3.63) is 71.8 Å². The van der Waals surface area contributed by atoms with Gasteiger partial charge in [-0.15, -0.1) is 0 Å². The molecule has 0 heterocycles. The lowest BCUT2D eigenvalue weighted by Gasteiger charge is -2.05. The van der Waals surface area contributed by atoms with Crippen molar-refractivity contribution in [2.45, 2.75) is 0 Å². The van der Waals surface area contributed by atoms with Gasteiger partial charge >= 0.3 is 11.9 Å². The molecule has 2 aromatic carbocycles. The van der Waals surface area contributed by atoms with Crippen molar-refractivity contribution in [1.29, 1.82) is 0 Å². The average Bonchev–Trinajstić information content (AvgIpc) is 2.70. The fourth-order valence-corrected chi connectivity index (χ4v) is 7.38. The van der Waals surface area contributed by atoms with Crippen LogP contribution < -0.4 is 0 Å². The van der Waals surface area contributed by atoms with Crippen LogP contribution in [0.1, 0.15) is 20.7 Å². The van der Waals surface area contributed by atoms with E-state index in [1.165, 1.54) is 0 Å². The Morgan fingerprint density at radius 1 is 0.654 bits per heavy atom. The number of rotatable bonds is 11. The van der Waals surface area contributed by atoms with E-state index >= 15 is 0 Å². The highest BCUT2D eigenvalue weighted by molar-refractivity contribution is 9.26. The highest BCUT2D eigenvalue weighted by Crippen LogP contribution is 2.42. The fourth-order valence-electron chi connectivity index (χ4n) is 1.76. The van der Waals surface area contributed by atoms with E-state index in [0.29, 0.717) is 24.3 Å². The summed E-state index contributed by atoms with van der Waals surface area (Å²) in [5.41, 5.74) is 1.14. The van der Waals surface area contributed by atoms with Crippen molar-refractivity contribution < 1.29 is 19.1 Å². The third kappa shape index (κ3) is 8.44. The van der Waals surface area contributed by atoms with E-state index in [1.54, 1.807) is 65.5 Å². The van der Waals surface area contributed by atoms with Gasteiger partial charge in [0.1, 0.15) is 13.2 Å². The predicted octanol–water partition coefficient (Wildman–Crippen LogP) is 5.38. The van der Waals surface area contributed by atoms with Gasteiger partial charge in [-0.3, -0.25) is 0 Å². The van der Waals surface area contributed by atoms with Gasteiger partial charge in [-0.2, -0.15) is 0 Å². The van der Waals surface area contributed by atoms with Crippen LogP contribution in [-0.4, -0.2) is 36.7 Å². The summed E-state index contributed by atoms with van der Waals surface area (Å²) in [7, 11) is 6.49. The van der Waals surface area contributed by atoms with E-state index in [0.717, 1.165) is 11.5 Å². The highest BCUT2D eigenvalue weighted by Gasteiger charge is 2.06. The molecule has 4 nitrogen and oxygen atoms in total. The number of ether oxygens (including phenoxy) is 2. The van der Waals surface area contributed by atoms with Gasteiger partial charge in [0.05, 0.1) is 11.1 Å². The summed E-state index contributed by atoms with van der Waals surface area (Å²) in [4.78, 5) is 23.4. The minimum atomic E-state index is -0.293. The molecule has 0 radical (unpaired) electrons. The first-order chi connectivity index (χ1) is 12.8. The molecule has 138 valence electrons. The summed E-state index contributed by atoms with van der Waals surface area (Å²) >= 11 is 0. The molecule has 0 aliphatic rings. The second-order valence-corrected chi connectivity index (χ2v) is 11.0. The van der Waals surface area contributed by atoms with Gasteiger partial charge in [0.2, 0.25) is 0 Å². The van der Waals surface area contributed by atoms with Gasteiger partial charge in [-0.25, -0.2) is 9.59 Å². The predicted molar refractivity (Wildman–Crippen MR) is 114 cm³/mol. The van der Waals surface area contributed by atoms with Crippen LogP contribution in [0, 0.1) is 0 Å². The van der Waals surface area contributed by atoms with Crippen molar-refractivity contribution >= 4 is 53.2 Å². The molecule has 0 aliphatic carbocycles. The van der Waals surface area contributed by atoms with Crippen LogP contribution in [0.25, 0.3) is 0 Å². The van der Waals surface area contributed by atoms with Crippen LogP contribution in [0.4, 0.5) is 0 Å². The smallest absolute Gasteiger partial charge is 0.338 e. The number of esters is 2. The molecule has 0 aliphatic heterocycles. The molecule has 0 fully saturated rings. The molecule has 2 aromatic rings. The lowest BCUT2D eigenvalue weighted by molar-refractivity contribution is 0.0521. The van der Waals surface area contributed by atoms with Gasteiger partial charge in [0.25, 0.3) is 0 Å². The third-order valence-electron chi connectivity index (χ3n) is 2.94. The topological polar surface area (TPSA) is 52.6 Å². The zero-order valence-corrected chi connectivity index (χ0v) is 17.1. The van der Waals surface area contributed by atoms with Gasteiger partial charge < -0.3 is 9.47 Å². The van der Waals surface area contributed by atoms with Crippen molar-refractivity contribution in [3.8, 4) is 0 Å². The van der Waals surface area contributed by atoms with E-state index in [-0.39, 0.29) is 11.9 Å². The van der Waals surface area contributed by atoms with Crippen molar-refractivity contribution in [3.63, 3.8) is 0 Å². The molecule has 2 rings (SSSR count). The average molecular weight is 427 g/mol. The van der Waals surface area contributed by atoms with Crippen LogP contribution in [0.5, 0.6) is 0 Å². The number of benzene rings is 2. The normalized spacial score (nSPS) is 10.3. The minimum absolute atomic E-state index is 0.293. The largest absolute Gasteiger partial charge is 0.461 e. The summed E-state index contributed by atoms with van der Waals surface area (Å²) in [6.07, 6.45) is 0. The van der Waals surface area contributed by atoms with Crippen molar-refractivity contribution in [2.75, 3.05) is 24.7 Å². The molecule has 0 bridgehead atoms. The Balaban J connectivity index is 1.41. The van der Waals surface area contributed by atoms with E-state index in [2.05, 4.69) is 0 Å². The second-order valence-electron chi connectivity index (χ2n) is 4.78. The van der Waals surface area contributed by atoms with Gasteiger partial charge in [-0.05, 0) is 43.9 Å². The maximum Gasteiger partial charge on any atom is 0.338 e. The van der Waals surface area contributed by atoms with Crippen LogP contribution in [0.3, 0.4) is 0 Å². The monoisotopic (exact) mass is 426 g/mol. The third-order valence-corrected chi connectivity index (χ3v) is 9.33. The maximum atomic E-state index is 11.7. The van der Waals surface area contributed by atoms with Crippen LogP contribution >= 0.6 is 41.2 Å². The van der Waals surface area contributed by atoms with Gasteiger partial charge in [0, 0.05) is 11.5 Å². The molecule has 0 aromatic heterocycles. The lowest BCUT2D eigenvalue weighted by atomic mass is 10.2. The molecule has 8 heteroatoms. The number of carbonyl (C=O) groups excluding carboxylic acids is 2. The first-order valence-electron chi connectivity index (χ1n) is 7.79. The Hall–Kier alpha value is -1.22. The van der Waals surface area contributed by atoms with E-state index in [4.69, 9.17) is 9.47 Å². The molecular formula is C18H18O4S4. The molecule has 0 atom stereocenters. The van der Waals surface area contributed by atoms with Crippen LogP contribution in [0.2, 0.25) is 0 Å². The molecule has 0 amide bonds. The Bertz CT molecular complexity index is 608. The number of carbonyl (C=O) groups is 2. The zero-order chi connectivity index (χ0) is 18.5.